The van der Waals surface area contributed by atoms with Gasteiger partial charge in [0.15, 0.2) is 0 Å². The monoisotopic (exact) mass is 300 g/mol. The second kappa shape index (κ2) is 6.41. The Morgan fingerprint density at radius 1 is 1.29 bits per heavy atom. The Hall–Kier alpha value is -1.65. The lowest BCUT2D eigenvalue weighted by atomic mass is 9.95. The van der Waals surface area contributed by atoms with Crippen molar-refractivity contribution in [2.75, 3.05) is 6.54 Å². The minimum Gasteiger partial charge on any atom is -0.336 e. The van der Waals surface area contributed by atoms with Gasteiger partial charge >= 0.3 is 0 Å². The zero-order valence-electron chi connectivity index (χ0n) is 12.2. The van der Waals surface area contributed by atoms with E-state index in [0.717, 1.165) is 19.5 Å². The first-order chi connectivity index (χ1) is 10.3. The maximum Gasteiger partial charge on any atom is 0.240 e. The summed E-state index contributed by atoms with van der Waals surface area (Å²) < 4.78 is 0. The van der Waals surface area contributed by atoms with E-state index in [1.165, 1.54) is 16.0 Å². The van der Waals surface area contributed by atoms with E-state index in [4.69, 9.17) is 0 Å². The number of benzene rings is 1. The summed E-state index contributed by atoms with van der Waals surface area (Å²) in [6, 6.07) is 12.4. The number of carbonyl (C=O) groups excluding carboxylic acids is 1. The summed E-state index contributed by atoms with van der Waals surface area (Å²) in [5, 5.41) is 5.44. The van der Waals surface area contributed by atoms with E-state index in [9.17, 15) is 4.79 Å². The van der Waals surface area contributed by atoms with Crippen LogP contribution in [0.4, 0.5) is 0 Å². The third-order valence-electron chi connectivity index (χ3n) is 4.00. The van der Waals surface area contributed by atoms with Crippen molar-refractivity contribution in [1.29, 1.82) is 0 Å². The smallest absolute Gasteiger partial charge is 0.240 e. The summed E-state index contributed by atoms with van der Waals surface area (Å²) in [5.41, 5.74) is 2.60. The number of thiophene rings is 1. The molecule has 21 heavy (non-hydrogen) atoms. The number of nitrogens with one attached hydrogen (secondary N) is 1. The van der Waals surface area contributed by atoms with Gasteiger partial charge in [0.2, 0.25) is 5.91 Å². The van der Waals surface area contributed by atoms with Gasteiger partial charge in [-0.2, -0.15) is 0 Å². The fourth-order valence-electron chi connectivity index (χ4n) is 2.79. The van der Waals surface area contributed by atoms with Gasteiger partial charge in [-0.05, 0) is 35.9 Å². The molecular weight excluding hydrogens is 280 g/mol. The molecule has 1 aliphatic heterocycles. The average molecular weight is 300 g/mol. The van der Waals surface area contributed by atoms with E-state index in [1.54, 1.807) is 11.3 Å². The number of rotatable bonds is 4. The van der Waals surface area contributed by atoms with Crippen molar-refractivity contribution in [3.05, 3.63) is 57.8 Å². The zero-order valence-corrected chi connectivity index (χ0v) is 13.0. The lowest BCUT2D eigenvalue weighted by Gasteiger charge is -2.30. The molecule has 0 saturated carbocycles. The highest BCUT2D eigenvalue weighted by molar-refractivity contribution is 7.09. The Bertz CT molecular complexity index is 609. The van der Waals surface area contributed by atoms with Gasteiger partial charge in [0.1, 0.15) is 0 Å². The van der Waals surface area contributed by atoms with Crippen molar-refractivity contribution in [1.82, 2.24) is 10.2 Å². The summed E-state index contributed by atoms with van der Waals surface area (Å²) in [6.45, 7) is 4.29. The summed E-state index contributed by atoms with van der Waals surface area (Å²) in [4.78, 5) is 15.9. The van der Waals surface area contributed by atoms with Crippen LogP contribution in [-0.2, 0) is 24.3 Å². The van der Waals surface area contributed by atoms with Gasteiger partial charge in [-0.15, -0.1) is 11.3 Å². The lowest BCUT2D eigenvalue weighted by Crippen LogP contribution is -2.49. The van der Waals surface area contributed by atoms with Crippen molar-refractivity contribution in [2.24, 2.45) is 0 Å². The molecule has 3 nitrogen and oxygen atoms in total. The second-order valence-electron chi connectivity index (χ2n) is 5.34. The quantitative estimate of drug-likeness (QED) is 0.941. The predicted molar refractivity (Wildman–Crippen MR) is 86.2 cm³/mol. The maximum atomic E-state index is 12.7. The average Bonchev–Trinajstić information content (AvgIpc) is 3.04. The van der Waals surface area contributed by atoms with Gasteiger partial charge in [0, 0.05) is 18.0 Å². The van der Waals surface area contributed by atoms with Crippen LogP contribution >= 0.6 is 11.3 Å². The molecule has 1 unspecified atom stereocenters. The third-order valence-corrected chi connectivity index (χ3v) is 4.86. The molecule has 0 bridgehead atoms. The molecule has 0 fully saturated rings. The summed E-state index contributed by atoms with van der Waals surface area (Å²) in [5.74, 6) is 0.209. The van der Waals surface area contributed by atoms with Gasteiger partial charge in [-0.3, -0.25) is 4.79 Å². The van der Waals surface area contributed by atoms with Crippen LogP contribution < -0.4 is 5.32 Å². The van der Waals surface area contributed by atoms with Crippen molar-refractivity contribution >= 4 is 17.2 Å². The number of carbonyl (C=O) groups is 1. The number of hydrogen-bond donors (Lipinski definition) is 1. The van der Waals surface area contributed by atoms with Crippen LogP contribution in [-0.4, -0.2) is 23.4 Å². The first-order valence-electron chi connectivity index (χ1n) is 7.39. The Morgan fingerprint density at radius 3 is 2.81 bits per heavy atom. The van der Waals surface area contributed by atoms with Crippen LogP contribution in [0.15, 0.2) is 41.8 Å². The second-order valence-corrected chi connectivity index (χ2v) is 6.37. The van der Waals surface area contributed by atoms with Crippen LogP contribution in [0.5, 0.6) is 0 Å². The molecule has 2 heterocycles. The van der Waals surface area contributed by atoms with Crippen LogP contribution in [0.25, 0.3) is 0 Å². The SMILES string of the molecule is CCN(Cc1cccs1)C(=O)C1Cc2ccccc2CN1. The van der Waals surface area contributed by atoms with Crippen molar-refractivity contribution in [3.8, 4) is 0 Å². The van der Waals surface area contributed by atoms with Crippen LogP contribution in [0.2, 0.25) is 0 Å². The third kappa shape index (κ3) is 3.17. The van der Waals surface area contributed by atoms with Crippen molar-refractivity contribution in [3.63, 3.8) is 0 Å². The number of hydrogen-bond acceptors (Lipinski definition) is 3. The number of likely N-dealkylation sites (N-methyl/N-ethyl adjacent to an activating group) is 1. The van der Waals surface area contributed by atoms with Crippen LogP contribution in [0, 0.1) is 0 Å². The molecular formula is C17H20N2OS. The molecule has 110 valence electrons. The first-order valence-corrected chi connectivity index (χ1v) is 8.27. The van der Waals surface area contributed by atoms with E-state index >= 15 is 0 Å². The summed E-state index contributed by atoms with van der Waals surface area (Å²) >= 11 is 1.70. The molecule has 2 aromatic rings. The topological polar surface area (TPSA) is 32.3 Å². The Kier molecular flexibility index (Phi) is 4.36. The van der Waals surface area contributed by atoms with E-state index in [2.05, 4.69) is 41.0 Å². The Labute approximate surface area is 129 Å². The summed E-state index contributed by atoms with van der Waals surface area (Å²) in [6.07, 6.45) is 0.788. The minimum absolute atomic E-state index is 0.0974. The highest BCUT2D eigenvalue weighted by Gasteiger charge is 2.27. The standard InChI is InChI=1S/C17H20N2OS/c1-2-19(12-15-8-5-9-21-15)17(20)16-10-13-6-3-4-7-14(13)11-18-16/h3-9,16,18H,2,10-12H2,1H3. The van der Waals surface area contributed by atoms with E-state index in [1.807, 2.05) is 17.9 Å². The number of fused-ring (bicyclic) bond motifs is 1. The molecule has 1 amide bonds. The van der Waals surface area contributed by atoms with Gasteiger partial charge in [0.05, 0.1) is 12.6 Å². The molecule has 0 radical (unpaired) electrons. The molecule has 0 aliphatic carbocycles. The van der Waals surface area contributed by atoms with Crippen LogP contribution in [0.3, 0.4) is 0 Å². The molecule has 1 N–H and O–H groups in total. The minimum atomic E-state index is -0.0974. The fraction of sp³-hybridized carbons (Fsp3) is 0.353. The van der Waals surface area contributed by atoms with Gasteiger partial charge in [-0.25, -0.2) is 0 Å². The highest BCUT2D eigenvalue weighted by Crippen LogP contribution is 2.19. The van der Waals surface area contributed by atoms with Crippen LogP contribution in [0.1, 0.15) is 22.9 Å². The maximum absolute atomic E-state index is 12.7. The highest BCUT2D eigenvalue weighted by atomic mass is 32.1. The van der Waals surface area contributed by atoms with E-state index in [-0.39, 0.29) is 11.9 Å². The molecule has 1 aromatic carbocycles. The molecule has 3 rings (SSSR count). The van der Waals surface area contributed by atoms with Crippen molar-refractivity contribution < 1.29 is 4.79 Å². The first kappa shape index (κ1) is 14.3. The fourth-order valence-corrected chi connectivity index (χ4v) is 3.50. The summed E-state index contributed by atoms with van der Waals surface area (Å²) in [7, 11) is 0. The predicted octanol–water partition coefficient (Wildman–Crippen LogP) is 2.81. The Morgan fingerprint density at radius 2 is 2.10 bits per heavy atom. The van der Waals surface area contributed by atoms with Gasteiger partial charge < -0.3 is 10.2 Å². The molecule has 0 saturated heterocycles. The Balaban J connectivity index is 1.70. The molecule has 0 spiro atoms. The lowest BCUT2D eigenvalue weighted by molar-refractivity contribution is -0.134. The van der Waals surface area contributed by atoms with Crippen molar-refractivity contribution in [2.45, 2.75) is 32.5 Å². The number of nitrogens with zero attached hydrogens (tertiary/aromatic N) is 1. The molecule has 4 heteroatoms. The van der Waals surface area contributed by atoms with E-state index in [0.29, 0.717) is 6.54 Å². The molecule has 1 aliphatic rings. The normalized spacial score (nSPS) is 17.3. The zero-order chi connectivity index (χ0) is 14.7. The van der Waals surface area contributed by atoms with Gasteiger partial charge in [0.25, 0.3) is 0 Å². The number of amides is 1. The molecule has 1 atom stereocenters. The van der Waals surface area contributed by atoms with Gasteiger partial charge in [-0.1, -0.05) is 30.3 Å². The largest absolute Gasteiger partial charge is 0.336 e. The van der Waals surface area contributed by atoms with E-state index < -0.39 is 0 Å². The molecule has 1 aromatic heterocycles.